The molecule has 19 heavy (non-hydrogen) atoms. The highest BCUT2D eigenvalue weighted by atomic mass is 16.2. The van der Waals surface area contributed by atoms with Crippen LogP contribution in [0, 0.1) is 11.8 Å². The summed E-state index contributed by atoms with van der Waals surface area (Å²) in [5.41, 5.74) is 0.711. The van der Waals surface area contributed by atoms with E-state index in [1.807, 2.05) is 42.5 Å². The molecule has 2 aromatic carbocycles. The van der Waals surface area contributed by atoms with E-state index in [-0.39, 0.29) is 23.7 Å². The molecule has 3 heteroatoms. The number of hydrogen-bond acceptors (Lipinski definition) is 2. The number of hydrogen-bond donors (Lipinski definition) is 0. The first-order valence-corrected chi connectivity index (χ1v) is 6.62. The van der Waals surface area contributed by atoms with Crippen molar-refractivity contribution in [1.29, 1.82) is 0 Å². The lowest BCUT2D eigenvalue weighted by Crippen LogP contribution is -2.29. The summed E-state index contributed by atoms with van der Waals surface area (Å²) in [6, 6.07) is 13.7. The van der Waals surface area contributed by atoms with Gasteiger partial charge >= 0.3 is 0 Å². The number of amides is 2. The predicted octanol–water partition coefficient (Wildman–Crippen LogP) is 2.74. The molecule has 0 radical (unpaired) electrons. The Hall–Kier alpha value is -2.16. The molecule has 1 aliphatic heterocycles. The maximum Gasteiger partial charge on any atom is 0.237 e. The average Bonchev–Trinajstić information content (AvgIpc) is 2.53. The summed E-state index contributed by atoms with van der Waals surface area (Å²) in [7, 11) is 0. The fourth-order valence-electron chi connectivity index (χ4n) is 3.10. The van der Waals surface area contributed by atoms with E-state index in [4.69, 9.17) is 0 Å². The maximum atomic E-state index is 12.2. The highest BCUT2D eigenvalue weighted by Gasteiger charge is 2.53. The lowest BCUT2D eigenvalue weighted by Gasteiger charge is -2.23. The molecular weight excluding hydrogens is 238 g/mol. The van der Waals surface area contributed by atoms with E-state index in [0.717, 1.165) is 23.6 Å². The zero-order valence-corrected chi connectivity index (χ0v) is 10.4. The van der Waals surface area contributed by atoms with Crippen molar-refractivity contribution in [2.75, 3.05) is 4.90 Å². The van der Waals surface area contributed by atoms with Gasteiger partial charge < -0.3 is 0 Å². The molecule has 1 saturated carbocycles. The number of benzene rings is 2. The van der Waals surface area contributed by atoms with Gasteiger partial charge in [-0.05, 0) is 35.7 Å². The third-order valence-electron chi connectivity index (χ3n) is 4.34. The van der Waals surface area contributed by atoms with E-state index in [1.165, 1.54) is 4.90 Å². The molecule has 1 heterocycles. The van der Waals surface area contributed by atoms with E-state index >= 15 is 0 Å². The van der Waals surface area contributed by atoms with Gasteiger partial charge in [0.15, 0.2) is 0 Å². The molecule has 0 bridgehead atoms. The van der Waals surface area contributed by atoms with Gasteiger partial charge in [-0.3, -0.25) is 14.5 Å². The zero-order chi connectivity index (χ0) is 13.0. The molecule has 0 N–H and O–H groups in total. The molecule has 2 aromatic rings. The Bertz CT molecular complexity index is 685. The van der Waals surface area contributed by atoms with Crippen LogP contribution in [-0.4, -0.2) is 11.8 Å². The predicted molar refractivity (Wildman–Crippen MR) is 72.7 cm³/mol. The van der Waals surface area contributed by atoms with Crippen LogP contribution >= 0.6 is 0 Å². The minimum atomic E-state index is -0.0565. The lowest BCUT2D eigenvalue weighted by molar-refractivity contribution is -0.123. The first-order chi connectivity index (χ1) is 9.25. The highest BCUT2D eigenvalue weighted by molar-refractivity contribution is 6.23. The molecule has 2 atom stereocenters. The van der Waals surface area contributed by atoms with E-state index in [2.05, 4.69) is 0 Å². The number of fused-ring (bicyclic) bond motifs is 2. The molecule has 94 valence electrons. The molecule has 1 aliphatic carbocycles. The molecule has 1 saturated heterocycles. The van der Waals surface area contributed by atoms with Crippen molar-refractivity contribution in [2.45, 2.75) is 12.8 Å². The Morgan fingerprint density at radius 1 is 0.842 bits per heavy atom. The van der Waals surface area contributed by atoms with Crippen molar-refractivity contribution in [1.82, 2.24) is 0 Å². The first-order valence-electron chi connectivity index (χ1n) is 6.62. The number of anilines is 1. The third kappa shape index (κ3) is 1.38. The molecule has 2 fully saturated rings. The van der Waals surface area contributed by atoms with Gasteiger partial charge in [-0.25, -0.2) is 0 Å². The Kier molecular flexibility index (Phi) is 2.07. The van der Waals surface area contributed by atoms with Gasteiger partial charge in [-0.15, -0.1) is 0 Å². The van der Waals surface area contributed by atoms with Crippen LogP contribution in [-0.2, 0) is 9.59 Å². The van der Waals surface area contributed by atoms with E-state index < -0.39 is 0 Å². The van der Waals surface area contributed by atoms with Crippen molar-refractivity contribution in [3.63, 3.8) is 0 Å². The summed E-state index contributed by atoms with van der Waals surface area (Å²) >= 11 is 0. The number of carbonyl (C=O) groups is 2. The van der Waals surface area contributed by atoms with E-state index in [0.29, 0.717) is 5.69 Å². The van der Waals surface area contributed by atoms with Gasteiger partial charge in [-0.2, -0.15) is 0 Å². The van der Waals surface area contributed by atoms with Crippen molar-refractivity contribution >= 4 is 28.3 Å². The standard InChI is InChI=1S/C16H13NO2/c18-15-13-7-8-14(13)16(19)17(15)12-6-5-10-3-1-2-4-11(10)9-12/h1-6,9,13-14H,7-8H2. The number of rotatable bonds is 1. The second-order valence-electron chi connectivity index (χ2n) is 5.33. The fourth-order valence-corrected chi connectivity index (χ4v) is 3.10. The number of nitrogens with zero attached hydrogens (tertiary/aromatic N) is 1. The molecule has 2 unspecified atom stereocenters. The first kappa shape index (κ1) is 10.7. The van der Waals surface area contributed by atoms with Crippen molar-refractivity contribution in [3.05, 3.63) is 42.5 Å². The molecule has 0 spiro atoms. The van der Waals surface area contributed by atoms with Gasteiger partial charge in [0, 0.05) is 0 Å². The van der Waals surface area contributed by atoms with Crippen LogP contribution in [0.2, 0.25) is 0 Å². The Morgan fingerprint density at radius 2 is 1.47 bits per heavy atom. The van der Waals surface area contributed by atoms with Crippen LogP contribution in [0.15, 0.2) is 42.5 Å². The topological polar surface area (TPSA) is 37.4 Å². The summed E-state index contributed by atoms with van der Waals surface area (Å²) < 4.78 is 0. The minimum absolute atomic E-state index is 0.0171. The Balaban J connectivity index is 1.82. The van der Waals surface area contributed by atoms with E-state index in [9.17, 15) is 9.59 Å². The van der Waals surface area contributed by atoms with Gasteiger partial charge in [0.25, 0.3) is 0 Å². The molecular formula is C16H13NO2. The van der Waals surface area contributed by atoms with Crippen LogP contribution in [0.5, 0.6) is 0 Å². The molecule has 4 rings (SSSR count). The third-order valence-corrected chi connectivity index (χ3v) is 4.34. The van der Waals surface area contributed by atoms with Crippen molar-refractivity contribution < 1.29 is 9.59 Å². The van der Waals surface area contributed by atoms with Crippen LogP contribution in [0.3, 0.4) is 0 Å². The molecule has 2 amide bonds. The summed E-state index contributed by atoms with van der Waals surface area (Å²) in [5, 5.41) is 2.17. The van der Waals surface area contributed by atoms with Gasteiger partial charge in [-0.1, -0.05) is 30.3 Å². The molecule has 0 aromatic heterocycles. The maximum absolute atomic E-state index is 12.2. The van der Waals surface area contributed by atoms with Gasteiger partial charge in [0.2, 0.25) is 11.8 Å². The SMILES string of the molecule is O=C1C2CCC2C(=O)N1c1ccc2ccccc2c1. The number of imide groups is 1. The Morgan fingerprint density at radius 3 is 2.11 bits per heavy atom. The molecule has 2 aliphatic rings. The summed E-state index contributed by atoms with van der Waals surface area (Å²) in [6.07, 6.45) is 1.72. The van der Waals surface area contributed by atoms with Crippen molar-refractivity contribution in [2.24, 2.45) is 11.8 Å². The fraction of sp³-hybridized carbons (Fsp3) is 0.250. The smallest absolute Gasteiger partial charge is 0.237 e. The second kappa shape index (κ2) is 3.67. The zero-order valence-electron chi connectivity index (χ0n) is 10.4. The number of carbonyl (C=O) groups excluding carboxylic acids is 2. The monoisotopic (exact) mass is 251 g/mol. The van der Waals surface area contributed by atoms with Gasteiger partial charge in [0.1, 0.15) is 0 Å². The molecule has 3 nitrogen and oxygen atoms in total. The largest absolute Gasteiger partial charge is 0.274 e. The van der Waals surface area contributed by atoms with Gasteiger partial charge in [0.05, 0.1) is 17.5 Å². The van der Waals surface area contributed by atoms with E-state index in [1.54, 1.807) is 0 Å². The van der Waals surface area contributed by atoms with Crippen LogP contribution < -0.4 is 4.90 Å². The summed E-state index contributed by atoms with van der Waals surface area (Å²) in [6.45, 7) is 0. The summed E-state index contributed by atoms with van der Waals surface area (Å²) in [5.74, 6) is -0.147. The quantitative estimate of drug-likeness (QED) is 0.731. The summed E-state index contributed by atoms with van der Waals surface area (Å²) in [4.78, 5) is 25.8. The average molecular weight is 251 g/mol. The lowest BCUT2D eigenvalue weighted by atomic mass is 9.76. The second-order valence-corrected chi connectivity index (χ2v) is 5.33. The highest BCUT2D eigenvalue weighted by Crippen LogP contribution is 2.44. The minimum Gasteiger partial charge on any atom is -0.274 e. The van der Waals surface area contributed by atoms with Crippen LogP contribution in [0.1, 0.15) is 12.8 Å². The van der Waals surface area contributed by atoms with Crippen LogP contribution in [0.25, 0.3) is 10.8 Å². The Labute approximate surface area is 110 Å². The van der Waals surface area contributed by atoms with Crippen LogP contribution in [0.4, 0.5) is 5.69 Å². The van der Waals surface area contributed by atoms with Crippen molar-refractivity contribution in [3.8, 4) is 0 Å². The normalized spacial score (nSPS) is 25.6.